The molecule has 0 spiro atoms. The van der Waals surface area contributed by atoms with Crippen molar-refractivity contribution >= 4 is 52.3 Å². The van der Waals surface area contributed by atoms with Gasteiger partial charge in [0.05, 0.1) is 5.69 Å². The van der Waals surface area contributed by atoms with Gasteiger partial charge in [-0.3, -0.25) is 4.79 Å². The van der Waals surface area contributed by atoms with Gasteiger partial charge in [-0.2, -0.15) is 0 Å². The fraction of sp³-hybridized carbons (Fsp3) is 0.462. The molecule has 1 aliphatic heterocycles. The van der Waals surface area contributed by atoms with Gasteiger partial charge in [0.15, 0.2) is 0 Å². The Bertz CT molecular complexity index is 459. The number of piperazine rings is 1. The minimum atomic E-state index is -0.426. The van der Waals surface area contributed by atoms with E-state index in [2.05, 4.69) is 31.5 Å². The van der Waals surface area contributed by atoms with E-state index >= 15 is 0 Å². The van der Waals surface area contributed by atoms with Crippen molar-refractivity contribution in [3.63, 3.8) is 0 Å². The smallest absolute Gasteiger partial charge is 0.225 e. The number of hydrogen-bond donors (Lipinski definition) is 2. The largest absolute Gasteiger partial charge is 0.324 e. The molecule has 0 bridgehead atoms. The van der Waals surface area contributed by atoms with Gasteiger partial charge in [0.2, 0.25) is 5.91 Å². The van der Waals surface area contributed by atoms with E-state index in [4.69, 9.17) is 0 Å². The standard InChI is InChI=1S/C13H17BrFN3O.2ClH/c14-10-1-2-12(11(15)9-10)17-13(19)3-6-18-7-4-16-5-8-18;;/h1-2,9,16H,3-8H2,(H,17,19);2*1H. The van der Waals surface area contributed by atoms with Crippen LogP contribution in [-0.4, -0.2) is 43.5 Å². The maximum absolute atomic E-state index is 13.5. The highest BCUT2D eigenvalue weighted by Crippen LogP contribution is 2.19. The normalized spacial score (nSPS) is 14.8. The third-order valence-corrected chi connectivity index (χ3v) is 3.56. The zero-order valence-corrected chi connectivity index (χ0v) is 14.6. The van der Waals surface area contributed by atoms with E-state index in [0.29, 0.717) is 17.4 Å². The second kappa shape index (κ2) is 10.3. The van der Waals surface area contributed by atoms with E-state index in [-0.39, 0.29) is 36.4 Å². The van der Waals surface area contributed by atoms with Crippen molar-refractivity contribution in [2.75, 3.05) is 38.0 Å². The van der Waals surface area contributed by atoms with Crippen LogP contribution in [0.2, 0.25) is 0 Å². The number of carbonyl (C=O) groups excluding carboxylic acids is 1. The summed E-state index contributed by atoms with van der Waals surface area (Å²) in [7, 11) is 0. The SMILES string of the molecule is Cl.Cl.O=C(CCN1CCNCC1)Nc1ccc(Br)cc1F. The lowest BCUT2D eigenvalue weighted by atomic mass is 10.2. The van der Waals surface area contributed by atoms with E-state index in [1.54, 1.807) is 12.1 Å². The molecule has 0 saturated carbocycles. The minimum Gasteiger partial charge on any atom is -0.324 e. The Kier molecular flexibility index (Phi) is 10.1. The molecule has 0 aliphatic carbocycles. The zero-order chi connectivity index (χ0) is 13.7. The summed E-state index contributed by atoms with van der Waals surface area (Å²) < 4.78 is 14.2. The molecule has 1 aromatic carbocycles. The topological polar surface area (TPSA) is 44.4 Å². The summed E-state index contributed by atoms with van der Waals surface area (Å²) in [5.74, 6) is -0.579. The summed E-state index contributed by atoms with van der Waals surface area (Å²) >= 11 is 3.18. The number of nitrogens with one attached hydrogen (secondary N) is 2. The number of anilines is 1. The Balaban J connectivity index is 0.00000200. The van der Waals surface area contributed by atoms with Crippen molar-refractivity contribution in [3.8, 4) is 0 Å². The highest BCUT2D eigenvalue weighted by molar-refractivity contribution is 9.10. The van der Waals surface area contributed by atoms with Crippen LogP contribution in [0.25, 0.3) is 0 Å². The Morgan fingerprint density at radius 3 is 2.62 bits per heavy atom. The van der Waals surface area contributed by atoms with Crippen molar-refractivity contribution in [1.29, 1.82) is 0 Å². The van der Waals surface area contributed by atoms with Crippen molar-refractivity contribution in [2.24, 2.45) is 0 Å². The first-order valence-electron chi connectivity index (χ1n) is 6.33. The Hall–Kier alpha value is -0.400. The molecule has 21 heavy (non-hydrogen) atoms. The highest BCUT2D eigenvalue weighted by Gasteiger charge is 2.12. The second-order valence-corrected chi connectivity index (χ2v) is 5.43. The van der Waals surface area contributed by atoms with Crippen molar-refractivity contribution in [1.82, 2.24) is 10.2 Å². The van der Waals surface area contributed by atoms with Crippen molar-refractivity contribution in [3.05, 3.63) is 28.5 Å². The number of nitrogens with zero attached hydrogens (tertiary/aromatic N) is 1. The summed E-state index contributed by atoms with van der Waals surface area (Å²) in [6.07, 6.45) is 0.384. The summed E-state index contributed by atoms with van der Waals surface area (Å²) in [6.45, 7) is 4.55. The zero-order valence-electron chi connectivity index (χ0n) is 11.4. The van der Waals surface area contributed by atoms with Gasteiger partial charge in [0, 0.05) is 43.6 Å². The molecule has 4 nitrogen and oxygen atoms in total. The third-order valence-electron chi connectivity index (χ3n) is 3.07. The van der Waals surface area contributed by atoms with Crippen LogP contribution < -0.4 is 10.6 Å². The number of rotatable bonds is 4. The average molecular weight is 403 g/mol. The van der Waals surface area contributed by atoms with E-state index in [9.17, 15) is 9.18 Å². The molecule has 1 heterocycles. The molecule has 0 atom stereocenters. The predicted molar refractivity (Wildman–Crippen MR) is 91.2 cm³/mol. The molecule has 1 fully saturated rings. The van der Waals surface area contributed by atoms with Crippen molar-refractivity contribution < 1.29 is 9.18 Å². The van der Waals surface area contributed by atoms with Crippen LogP contribution in [0, 0.1) is 5.82 Å². The molecule has 2 N–H and O–H groups in total. The van der Waals surface area contributed by atoms with E-state index in [1.807, 2.05) is 0 Å². The van der Waals surface area contributed by atoms with Crippen LogP contribution >= 0.6 is 40.7 Å². The first-order valence-corrected chi connectivity index (χ1v) is 7.12. The van der Waals surface area contributed by atoms with E-state index < -0.39 is 5.82 Å². The molecule has 120 valence electrons. The number of benzene rings is 1. The van der Waals surface area contributed by atoms with Crippen molar-refractivity contribution in [2.45, 2.75) is 6.42 Å². The molecule has 8 heteroatoms. The molecular weight excluding hydrogens is 384 g/mol. The van der Waals surface area contributed by atoms with E-state index in [1.165, 1.54) is 6.07 Å². The van der Waals surface area contributed by atoms with Gasteiger partial charge in [-0.05, 0) is 18.2 Å². The molecule has 1 aliphatic rings. The number of halogens is 4. The van der Waals surface area contributed by atoms with Gasteiger partial charge >= 0.3 is 0 Å². The summed E-state index contributed by atoms with van der Waals surface area (Å²) in [5.41, 5.74) is 0.230. The van der Waals surface area contributed by atoms with Gasteiger partial charge in [-0.1, -0.05) is 15.9 Å². The lowest BCUT2D eigenvalue weighted by Crippen LogP contribution is -2.44. The molecule has 1 saturated heterocycles. The van der Waals surface area contributed by atoms with E-state index in [0.717, 1.165) is 26.2 Å². The quantitative estimate of drug-likeness (QED) is 0.813. The van der Waals surface area contributed by atoms with Crippen LogP contribution in [0.15, 0.2) is 22.7 Å². The molecule has 0 radical (unpaired) electrons. The van der Waals surface area contributed by atoms with Gasteiger partial charge in [0.25, 0.3) is 0 Å². The third kappa shape index (κ3) is 6.93. The molecule has 0 unspecified atom stereocenters. The Labute approximate surface area is 144 Å². The van der Waals surface area contributed by atoms with Gasteiger partial charge < -0.3 is 15.5 Å². The van der Waals surface area contributed by atoms with Gasteiger partial charge in [0.1, 0.15) is 5.82 Å². The predicted octanol–water partition coefficient (Wildman–Crippen LogP) is 2.67. The fourth-order valence-corrected chi connectivity index (χ4v) is 2.33. The monoisotopic (exact) mass is 401 g/mol. The van der Waals surface area contributed by atoms with Gasteiger partial charge in [-0.25, -0.2) is 4.39 Å². The maximum atomic E-state index is 13.5. The van der Waals surface area contributed by atoms with Crippen LogP contribution in [0.5, 0.6) is 0 Å². The Morgan fingerprint density at radius 2 is 2.00 bits per heavy atom. The molecule has 1 aromatic rings. The van der Waals surface area contributed by atoms with Crippen LogP contribution in [-0.2, 0) is 4.79 Å². The summed E-state index contributed by atoms with van der Waals surface area (Å²) in [5, 5.41) is 5.86. The molecular formula is C13H19BrCl2FN3O. The lowest BCUT2D eigenvalue weighted by Gasteiger charge is -2.26. The van der Waals surface area contributed by atoms with Crippen LogP contribution in [0.1, 0.15) is 6.42 Å². The molecule has 0 aromatic heterocycles. The fourth-order valence-electron chi connectivity index (χ4n) is 2.00. The number of carbonyl (C=O) groups is 1. The first-order chi connectivity index (χ1) is 9.15. The maximum Gasteiger partial charge on any atom is 0.225 e. The molecule has 1 amide bonds. The van der Waals surface area contributed by atoms with Gasteiger partial charge in [-0.15, -0.1) is 24.8 Å². The van der Waals surface area contributed by atoms with Crippen LogP contribution in [0.4, 0.5) is 10.1 Å². The summed E-state index contributed by atoms with van der Waals surface area (Å²) in [4.78, 5) is 14.0. The van der Waals surface area contributed by atoms with Crippen LogP contribution in [0.3, 0.4) is 0 Å². The lowest BCUT2D eigenvalue weighted by molar-refractivity contribution is -0.116. The summed E-state index contributed by atoms with van der Waals surface area (Å²) in [6, 6.07) is 4.60. The number of hydrogen-bond acceptors (Lipinski definition) is 3. The average Bonchev–Trinajstić information content (AvgIpc) is 2.41. The minimum absolute atomic E-state index is 0. The molecule has 2 rings (SSSR count). The first kappa shape index (κ1) is 20.6. The Morgan fingerprint density at radius 1 is 1.33 bits per heavy atom. The number of amides is 1. The highest BCUT2D eigenvalue weighted by atomic mass is 79.9. The second-order valence-electron chi connectivity index (χ2n) is 4.51.